The fourth-order valence-corrected chi connectivity index (χ4v) is 5.21. The van der Waals surface area contributed by atoms with Crippen LogP contribution in [0.4, 0.5) is 0 Å². The second-order valence-electron chi connectivity index (χ2n) is 8.15. The molecule has 9 heteroatoms. The first kappa shape index (κ1) is 23.9. The molecule has 0 amide bonds. The number of likely N-dealkylation sites (tertiary alicyclic amines) is 1. The molecule has 1 aliphatic rings. The lowest BCUT2D eigenvalue weighted by Crippen LogP contribution is -2.61. The summed E-state index contributed by atoms with van der Waals surface area (Å²) in [6.45, 7) is 1.81. The number of aryl methyl sites for hydroxylation is 1. The van der Waals surface area contributed by atoms with Crippen LogP contribution in [0, 0.1) is 12.8 Å². The molecule has 1 heterocycles. The van der Waals surface area contributed by atoms with E-state index in [-0.39, 0.29) is 44.0 Å². The minimum Gasteiger partial charge on any atom is -0.493 e. The number of para-hydroxylation sites is 1. The predicted octanol–water partition coefficient (Wildman–Crippen LogP) is 2.51. The second kappa shape index (κ2) is 9.40. The summed E-state index contributed by atoms with van der Waals surface area (Å²) in [5.41, 5.74) is 1.84. The van der Waals surface area contributed by atoms with E-state index in [2.05, 4.69) is 0 Å². The quantitative estimate of drug-likeness (QED) is 0.477. The molecular formula is C23H29N2O6S+. The number of hydrogen-bond donors (Lipinski definition) is 1. The van der Waals surface area contributed by atoms with Gasteiger partial charge in [-0.05, 0) is 19.1 Å². The Hall–Kier alpha value is -2.75. The van der Waals surface area contributed by atoms with Gasteiger partial charge in [-0.15, -0.1) is 0 Å². The van der Waals surface area contributed by atoms with Crippen molar-refractivity contribution in [3.8, 4) is 11.5 Å². The van der Waals surface area contributed by atoms with E-state index < -0.39 is 20.0 Å². The van der Waals surface area contributed by atoms with Crippen LogP contribution >= 0.6 is 0 Å². The van der Waals surface area contributed by atoms with Crippen molar-refractivity contribution in [2.24, 2.45) is 11.1 Å². The Kier molecular flexibility index (Phi) is 7.02. The number of quaternary nitrogens is 1. The van der Waals surface area contributed by atoms with Crippen molar-refractivity contribution < 1.29 is 31.4 Å². The van der Waals surface area contributed by atoms with Gasteiger partial charge in [0.25, 0.3) is 0 Å². The first-order valence-corrected chi connectivity index (χ1v) is 11.9. The molecule has 1 aliphatic heterocycles. The number of carbonyl (C=O) groups is 2. The molecule has 8 nitrogen and oxygen atoms in total. The van der Waals surface area contributed by atoms with Gasteiger partial charge in [0, 0.05) is 24.3 Å². The van der Waals surface area contributed by atoms with Crippen molar-refractivity contribution in [1.82, 2.24) is 0 Å². The van der Waals surface area contributed by atoms with E-state index in [4.69, 9.17) is 14.6 Å². The lowest BCUT2D eigenvalue weighted by atomic mass is 9.88. The molecule has 0 aromatic heterocycles. The zero-order valence-electron chi connectivity index (χ0n) is 18.5. The van der Waals surface area contributed by atoms with E-state index in [1.165, 1.54) is 14.2 Å². The highest BCUT2D eigenvalue weighted by molar-refractivity contribution is 7.83. The van der Waals surface area contributed by atoms with Crippen molar-refractivity contribution >= 4 is 21.8 Å². The standard InChI is InChI=1S/C23H29N2O6S/c1-16-7-9-17(10-8-16)20(26)15-25(32(24,28)29)13-11-18(12-14-25)22(27)19-5-4-6-21(30-2)23(19)31-3/h4-10,18H,11-15H2,1-3H3,(H2,24,28,29)/q+1. The number of ketones is 2. The van der Waals surface area contributed by atoms with Gasteiger partial charge in [-0.25, -0.2) is 0 Å². The summed E-state index contributed by atoms with van der Waals surface area (Å²) in [5.74, 6) is -0.0329. The summed E-state index contributed by atoms with van der Waals surface area (Å²) >= 11 is 0. The highest BCUT2D eigenvalue weighted by atomic mass is 32.2. The highest BCUT2D eigenvalue weighted by Crippen LogP contribution is 2.35. The van der Waals surface area contributed by atoms with Gasteiger partial charge >= 0.3 is 10.2 Å². The van der Waals surface area contributed by atoms with Gasteiger partial charge in [-0.3, -0.25) is 9.59 Å². The number of piperidine rings is 1. The molecule has 2 aromatic carbocycles. The number of hydrogen-bond acceptors (Lipinski definition) is 6. The summed E-state index contributed by atoms with van der Waals surface area (Å²) in [7, 11) is -1.11. The zero-order chi connectivity index (χ0) is 23.5. The van der Waals surface area contributed by atoms with E-state index in [1.54, 1.807) is 42.5 Å². The molecule has 1 saturated heterocycles. The monoisotopic (exact) mass is 461 g/mol. The number of nitrogens with zero attached hydrogens (tertiary/aromatic N) is 1. The molecule has 1 fully saturated rings. The van der Waals surface area contributed by atoms with E-state index in [9.17, 15) is 18.0 Å². The number of ether oxygens (including phenoxy) is 2. The first-order chi connectivity index (χ1) is 15.1. The summed E-state index contributed by atoms with van der Waals surface area (Å²) in [6.07, 6.45) is 0.577. The first-order valence-electron chi connectivity index (χ1n) is 10.4. The number of methoxy groups -OCH3 is 2. The van der Waals surface area contributed by atoms with Gasteiger partial charge in [0.2, 0.25) is 5.78 Å². The number of Topliss-reactive ketones (excluding diaryl/α,β-unsaturated/α-hetero) is 2. The van der Waals surface area contributed by atoms with Crippen molar-refractivity contribution in [3.05, 3.63) is 59.2 Å². The third kappa shape index (κ3) is 4.69. The smallest absolute Gasteiger partial charge is 0.367 e. The number of carbonyl (C=O) groups excluding carboxylic acids is 2. The van der Waals surface area contributed by atoms with Crippen LogP contribution in [0.3, 0.4) is 0 Å². The topological polar surface area (TPSA) is 113 Å². The van der Waals surface area contributed by atoms with Crippen LogP contribution < -0.4 is 14.6 Å². The Morgan fingerprint density at radius 3 is 2.19 bits per heavy atom. The van der Waals surface area contributed by atoms with Gasteiger partial charge in [0.1, 0.15) is 0 Å². The zero-order valence-corrected chi connectivity index (χ0v) is 19.4. The average Bonchev–Trinajstić information content (AvgIpc) is 2.78. The molecule has 2 N–H and O–H groups in total. The maximum Gasteiger partial charge on any atom is 0.367 e. The van der Waals surface area contributed by atoms with Gasteiger partial charge < -0.3 is 9.47 Å². The molecule has 0 spiro atoms. The third-order valence-electron chi connectivity index (χ3n) is 6.15. The van der Waals surface area contributed by atoms with Crippen LogP contribution in [0.2, 0.25) is 0 Å². The summed E-state index contributed by atoms with van der Waals surface area (Å²) in [6, 6.07) is 12.1. The SMILES string of the molecule is COc1cccc(C(=O)C2CC[N+](CC(=O)c3ccc(C)cc3)(S(N)(=O)=O)CC2)c1OC. The Labute approximate surface area is 188 Å². The largest absolute Gasteiger partial charge is 0.493 e. The van der Waals surface area contributed by atoms with Crippen LogP contribution in [0.15, 0.2) is 42.5 Å². The van der Waals surface area contributed by atoms with Gasteiger partial charge in [0.15, 0.2) is 23.8 Å². The molecule has 0 aliphatic carbocycles. The van der Waals surface area contributed by atoms with E-state index in [1.807, 2.05) is 6.92 Å². The summed E-state index contributed by atoms with van der Waals surface area (Å²) in [5, 5.41) is 5.58. The van der Waals surface area contributed by atoms with E-state index in [0.717, 1.165) is 5.56 Å². The second-order valence-corrected chi connectivity index (χ2v) is 9.95. The van der Waals surface area contributed by atoms with Gasteiger partial charge in [-0.2, -0.15) is 17.4 Å². The Bertz CT molecular complexity index is 1100. The normalized spacial score (nSPS) is 21.1. The maximum atomic E-state index is 13.2. The van der Waals surface area contributed by atoms with Gasteiger partial charge in [0.05, 0.1) is 32.9 Å². The molecule has 172 valence electrons. The van der Waals surface area contributed by atoms with Crippen LogP contribution in [0.1, 0.15) is 39.1 Å². The molecule has 0 unspecified atom stereocenters. The fraction of sp³-hybridized carbons (Fsp3) is 0.391. The molecule has 0 atom stereocenters. The Morgan fingerprint density at radius 1 is 1.03 bits per heavy atom. The van der Waals surface area contributed by atoms with Crippen LogP contribution in [-0.4, -0.2) is 57.7 Å². The lowest BCUT2D eigenvalue weighted by Gasteiger charge is -2.39. The molecular weight excluding hydrogens is 432 g/mol. The summed E-state index contributed by atoms with van der Waals surface area (Å²) < 4.78 is 35.2. The van der Waals surface area contributed by atoms with Gasteiger partial charge in [-0.1, -0.05) is 35.9 Å². The van der Waals surface area contributed by atoms with Crippen LogP contribution in [0.5, 0.6) is 11.5 Å². The van der Waals surface area contributed by atoms with Crippen LogP contribution in [-0.2, 0) is 10.2 Å². The Balaban J connectivity index is 1.80. The number of benzene rings is 2. The third-order valence-corrected chi connectivity index (χ3v) is 7.73. The molecule has 0 bridgehead atoms. The van der Waals surface area contributed by atoms with Crippen molar-refractivity contribution in [3.63, 3.8) is 0 Å². The molecule has 32 heavy (non-hydrogen) atoms. The molecule has 2 aromatic rings. The minimum atomic E-state index is -4.08. The van der Waals surface area contributed by atoms with Crippen molar-refractivity contribution in [1.29, 1.82) is 0 Å². The van der Waals surface area contributed by atoms with Crippen LogP contribution in [0.25, 0.3) is 0 Å². The Morgan fingerprint density at radius 2 is 1.66 bits per heavy atom. The lowest BCUT2D eigenvalue weighted by molar-refractivity contribution is -0.804. The van der Waals surface area contributed by atoms with E-state index >= 15 is 0 Å². The average molecular weight is 462 g/mol. The fourth-order valence-electron chi connectivity index (χ4n) is 4.20. The van der Waals surface area contributed by atoms with E-state index in [0.29, 0.717) is 22.6 Å². The van der Waals surface area contributed by atoms with Crippen molar-refractivity contribution in [2.45, 2.75) is 19.8 Å². The molecule has 0 saturated carbocycles. The highest BCUT2D eigenvalue weighted by Gasteiger charge is 2.46. The molecule has 0 radical (unpaired) electrons. The minimum absolute atomic E-state index is 0.0825. The molecule has 3 rings (SSSR count). The maximum absolute atomic E-state index is 13.2. The number of rotatable bonds is 8. The summed E-state index contributed by atoms with van der Waals surface area (Å²) in [4.78, 5) is 26.0. The van der Waals surface area contributed by atoms with Crippen molar-refractivity contribution in [2.75, 3.05) is 33.9 Å². The number of nitrogens with two attached hydrogens (primary N) is 1. The predicted molar refractivity (Wildman–Crippen MR) is 120 cm³/mol.